The number of hydrogen-bond donors (Lipinski definition) is 0. The minimum atomic E-state index is -0.478. The highest BCUT2D eigenvalue weighted by Gasteiger charge is 2.27. The van der Waals surface area contributed by atoms with Gasteiger partial charge in [-0.2, -0.15) is 0 Å². The van der Waals surface area contributed by atoms with Crippen LogP contribution in [0.4, 0.5) is 8.78 Å². The summed E-state index contributed by atoms with van der Waals surface area (Å²) in [7, 11) is 0. The van der Waals surface area contributed by atoms with Crippen LogP contribution in [-0.4, -0.2) is 0 Å². The van der Waals surface area contributed by atoms with Gasteiger partial charge in [-0.1, -0.05) is 25.8 Å². The largest absolute Gasteiger partial charge is 0.207 e. The van der Waals surface area contributed by atoms with Gasteiger partial charge in [0.2, 0.25) is 0 Å². The Balaban J connectivity index is 1.66. The van der Waals surface area contributed by atoms with Crippen LogP contribution in [0.15, 0.2) is 24.3 Å². The third-order valence-corrected chi connectivity index (χ3v) is 5.41. The lowest BCUT2D eigenvalue weighted by Gasteiger charge is -2.34. The summed E-state index contributed by atoms with van der Waals surface area (Å²) < 4.78 is 26.6. The quantitative estimate of drug-likeness (QED) is 0.629. The van der Waals surface area contributed by atoms with Gasteiger partial charge in [-0.05, 0) is 73.1 Å². The summed E-state index contributed by atoms with van der Waals surface area (Å²) >= 11 is 0. The Morgan fingerprint density at radius 1 is 0.857 bits per heavy atom. The molecule has 3 rings (SSSR count). The van der Waals surface area contributed by atoms with Crippen molar-refractivity contribution in [2.75, 3.05) is 0 Å². The lowest BCUT2D eigenvalue weighted by atomic mass is 9.71. The van der Waals surface area contributed by atoms with Crippen LogP contribution < -0.4 is 0 Å². The van der Waals surface area contributed by atoms with Gasteiger partial charge in [0.25, 0.3) is 0 Å². The van der Waals surface area contributed by atoms with Gasteiger partial charge >= 0.3 is 0 Å². The maximum absolute atomic E-state index is 13.3. The molecule has 0 nitrogen and oxygen atoms in total. The van der Waals surface area contributed by atoms with Crippen LogP contribution in [0.3, 0.4) is 0 Å². The second kappa shape index (κ2) is 6.29. The Bertz CT molecular complexity index is 504. The Morgan fingerprint density at radius 3 is 2.10 bits per heavy atom. The first-order chi connectivity index (χ1) is 10.1. The fourth-order valence-corrected chi connectivity index (χ4v) is 4.04. The van der Waals surface area contributed by atoms with Crippen molar-refractivity contribution >= 4 is 5.57 Å². The van der Waals surface area contributed by atoms with E-state index >= 15 is 0 Å². The van der Waals surface area contributed by atoms with E-state index in [1.54, 1.807) is 0 Å². The minimum Gasteiger partial charge on any atom is -0.207 e. The highest BCUT2D eigenvalue weighted by molar-refractivity contribution is 5.66. The Kier molecular flexibility index (Phi) is 4.42. The topological polar surface area (TPSA) is 0 Å². The second-order valence-electron chi connectivity index (χ2n) is 6.94. The molecule has 1 fully saturated rings. The lowest BCUT2D eigenvalue weighted by Crippen LogP contribution is -2.22. The van der Waals surface area contributed by atoms with Crippen molar-refractivity contribution in [3.8, 4) is 0 Å². The second-order valence-corrected chi connectivity index (χ2v) is 6.94. The molecule has 114 valence electrons. The van der Waals surface area contributed by atoms with Gasteiger partial charge < -0.3 is 0 Å². The zero-order valence-electron chi connectivity index (χ0n) is 12.7. The van der Waals surface area contributed by atoms with Crippen molar-refractivity contribution in [2.24, 2.45) is 17.8 Å². The van der Waals surface area contributed by atoms with Crippen LogP contribution in [0.2, 0.25) is 0 Å². The van der Waals surface area contributed by atoms with E-state index in [0.717, 1.165) is 47.8 Å². The van der Waals surface area contributed by atoms with Gasteiger partial charge in [0.1, 0.15) is 11.6 Å². The molecular formula is C19H24F2. The molecule has 0 aliphatic heterocycles. The zero-order valence-corrected chi connectivity index (χ0v) is 12.7. The van der Waals surface area contributed by atoms with Gasteiger partial charge in [0, 0.05) is 6.07 Å². The summed E-state index contributed by atoms with van der Waals surface area (Å²) in [6, 6.07) is 3.86. The maximum atomic E-state index is 13.3. The van der Waals surface area contributed by atoms with Crippen molar-refractivity contribution in [1.29, 1.82) is 0 Å². The van der Waals surface area contributed by atoms with E-state index in [9.17, 15) is 8.78 Å². The molecule has 1 unspecified atom stereocenters. The third kappa shape index (κ3) is 3.53. The summed E-state index contributed by atoms with van der Waals surface area (Å²) in [4.78, 5) is 0. The summed E-state index contributed by atoms with van der Waals surface area (Å²) in [5, 5.41) is 0. The van der Waals surface area contributed by atoms with Crippen molar-refractivity contribution in [3.05, 3.63) is 41.5 Å². The first kappa shape index (κ1) is 14.7. The van der Waals surface area contributed by atoms with Crippen LogP contribution in [0.1, 0.15) is 57.4 Å². The molecule has 1 saturated carbocycles. The van der Waals surface area contributed by atoms with Gasteiger partial charge in [0.05, 0.1) is 0 Å². The van der Waals surface area contributed by atoms with Crippen molar-refractivity contribution < 1.29 is 8.78 Å². The lowest BCUT2D eigenvalue weighted by molar-refractivity contribution is 0.202. The Labute approximate surface area is 126 Å². The molecule has 1 aromatic rings. The molecule has 0 amide bonds. The highest BCUT2D eigenvalue weighted by Crippen LogP contribution is 2.41. The number of benzene rings is 1. The molecule has 0 radical (unpaired) electrons. The fraction of sp³-hybridized carbons (Fsp3) is 0.579. The molecule has 2 heteroatoms. The monoisotopic (exact) mass is 290 g/mol. The normalized spacial score (nSPS) is 30.0. The maximum Gasteiger partial charge on any atom is 0.126 e. The molecule has 1 aromatic carbocycles. The van der Waals surface area contributed by atoms with Gasteiger partial charge in [-0.3, -0.25) is 0 Å². The van der Waals surface area contributed by atoms with Crippen LogP contribution in [-0.2, 0) is 0 Å². The average molecular weight is 290 g/mol. The van der Waals surface area contributed by atoms with Crippen molar-refractivity contribution in [2.45, 2.75) is 51.9 Å². The SMILES string of the molecule is CC1CCC(C2CC=C(c3cc(F)cc(F)c3)CC2)CC1. The van der Waals surface area contributed by atoms with E-state index < -0.39 is 11.6 Å². The first-order valence-corrected chi connectivity index (χ1v) is 8.27. The molecule has 0 aromatic heterocycles. The molecule has 0 spiro atoms. The Morgan fingerprint density at radius 2 is 1.52 bits per heavy atom. The summed E-state index contributed by atoms with van der Waals surface area (Å²) in [6.45, 7) is 2.35. The molecule has 0 bridgehead atoms. The van der Waals surface area contributed by atoms with Gasteiger partial charge in [0.15, 0.2) is 0 Å². The van der Waals surface area contributed by atoms with Crippen LogP contribution in [0.5, 0.6) is 0 Å². The number of allylic oxidation sites excluding steroid dienone is 2. The smallest absolute Gasteiger partial charge is 0.126 e. The Hall–Kier alpha value is -1.18. The van der Waals surface area contributed by atoms with E-state index in [2.05, 4.69) is 13.0 Å². The number of halogens is 2. The van der Waals surface area contributed by atoms with E-state index in [-0.39, 0.29) is 0 Å². The van der Waals surface area contributed by atoms with Crippen LogP contribution in [0.25, 0.3) is 5.57 Å². The number of rotatable bonds is 2. The van der Waals surface area contributed by atoms with Crippen LogP contribution in [0, 0.1) is 29.4 Å². The minimum absolute atomic E-state index is 0.478. The molecule has 2 aliphatic rings. The molecular weight excluding hydrogens is 266 g/mol. The molecule has 0 N–H and O–H groups in total. The predicted molar refractivity (Wildman–Crippen MR) is 82.8 cm³/mol. The summed E-state index contributed by atoms with van der Waals surface area (Å²) in [5.41, 5.74) is 1.84. The molecule has 0 saturated heterocycles. The van der Waals surface area contributed by atoms with Gasteiger partial charge in [-0.25, -0.2) is 8.78 Å². The predicted octanol–water partition coefficient (Wildman–Crippen LogP) is 5.97. The van der Waals surface area contributed by atoms with Crippen molar-refractivity contribution in [1.82, 2.24) is 0 Å². The van der Waals surface area contributed by atoms with E-state index in [1.807, 2.05) is 0 Å². The van der Waals surface area contributed by atoms with Crippen molar-refractivity contribution in [3.63, 3.8) is 0 Å². The highest BCUT2D eigenvalue weighted by atomic mass is 19.1. The molecule has 1 atom stereocenters. The van der Waals surface area contributed by atoms with E-state index in [4.69, 9.17) is 0 Å². The molecule has 2 aliphatic carbocycles. The van der Waals surface area contributed by atoms with Crippen LogP contribution >= 0.6 is 0 Å². The molecule has 21 heavy (non-hydrogen) atoms. The van der Waals surface area contributed by atoms with Gasteiger partial charge in [-0.15, -0.1) is 0 Å². The standard InChI is InChI=1S/C19H24F2/c1-13-2-4-14(5-3-13)15-6-8-16(9-7-15)17-10-18(20)12-19(21)11-17/h8,10-15H,2-7,9H2,1H3. The van der Waals surface area contributed by atoms with E-state index in [0.29, 0.717) is 0 Å². The molecule has 0 heterocycles. The average Bonchev–Trinajstić information content (AvgIpc) is 2.47. The third-order valence-electron chi connectivity index (χ3n) is 5.41. The summed E-state index contributed by atoms with van der Waals surface area (Å²) in [6.07, 6.45) is 10.9. The van der Waals surface area contributed by atoms with E-state index in [1.165, 1.54) is 44.2 Å². The first-order valence-electron chi connectivity index (χ1n) is 8.27. The fourth-order valence-electron chi connectivity index (χ4n) is 4.04. The zero-order chi connectivity index (χ0) is 14.8. The number of hydrogen-bond acceptors (Lipinski definition) is 0. The summed E-state index contributed by atoms with van der Waals surface area (Å²) in [5.74, 6) is 1.58.